The summed E-state index contributed by atoms with van der Waals surface area (Å²) in [5, 5.41) is 11.7. The van der Waals surface area contributed by atoms with Crippen LogP contribution in [0.15, 0.2) is 128 Å². The maximum Gasteiger partial charge on any atom is 0 e. The minimum Gasteiger partial charge on any atom is 0 e. The summed E-state index contributed by atoms with van der Waals surface area (Å²) in [6.07, 6.45) is 0.562. The molecule has 0 fully saturated rings. The van der Waals surface area contributed by atoms with Crippen molar-refractivity contribution in [2.45, 2.75) is 51.3 Å². The van der Waals surface area contributed by atoms with Gasteiger partial charge in [0.1, 0.15) is 0 Å². The van der Waals surface area contributed by atoms with Crippen LogP contribution in [-0.4, -0.2) is 32.8 Å². The SMILES string of the molecule is Cc1cc(-n2c(-c3[c-]cc(-c4ccc(C#N)cc4)c4c3sc3ccccc34)nc3ccccc32)cc(C)n1.[2H]C([2H])(c1cc(-c2[c-]cccc2)nc[c]1[Ge]([CH3])([CH3])[CH3])C(C)C.[Ir]. The van der Waals surface area contributed by atoms with Crippen LogP contribution in [-0.2, 0) is 26.5 Å². The summed E-state index contributed by atoms with van der Waals surface area (Å²) in [7, 11) is 0. The molecule has 8 heteroatoms. The fraction of sp³-hybridized carbons (Fsp3) is 0.176. The maximum absolute atomic E-state index is 9.29. The van der Waals surface area contributed by atoms with Crippen molar-refractivity contribution in [2.24, 2.45) is 5.92 Å². The molecule has 0 unspecified atom stereocenters. The molecule has 0 atom stereocenters. The summed E-state index contributed by atoms with van der Waals surface area (Å²) in [4.78, 5) is 14.3. The molecular formula is C51H45GeIrN5S-2. The minimum atomic E-state index is -2.20. The molecule has 0 amide bonds. The molecule has 9 aromatic rings. The van der Waals surface area contributed by atoms with Crippen LogP contribution in [0.2, 0.25) is 17.3 Å². The van der Waals surface area contributed by atoms with E-state index in [4.69, 9.17) is 7.73 Å². The number of fused-ring (bicyclic) bond motifs is 4. The molecule has 5 nitrogen and oxygen atoms in total. The van der Waals surface area contributed by atoms with Crippen LogP contribution in [0, 0.1) is 43.2 Å². The Kier molecular flexibility index (Phi) is 11.7. The van der Waals surface area contributed by atoms with Crippen LogP contribution in [0.1, 0.15) is 39.1 Å². The number of rotatable bonds is 7. The fourth-order valence-electron chi connectivity index (χ4n) is 7.47. The number of nitrogens with zero attached hydrogens (tertiary/aromatic N) is 5. The Bertz CT molecular complexity index is 3050. The van der Waals surface area contributed by atoms with Gasteiger partial charge in [-0.25, -0.2) is 0 Å². The van der Waals surface area contributed by atoms with E-state index in [-0.39, 0.29) is 26.0 Å². The number of hydrogen-bond donors (Lipinski definition) is 0. The molecule has 4 aromatic heterocycles. The molecule has 9 rings (SSSR count). The first kappa shape index (κ1) is 39.2. The molecule has 295 valence electrons. The third-order valence-electron chi connectivity index (χ3n) is 10.0. The molecule has 5 aromatic carbocycles. The molecule has 0 spiro atoms. The Labute approximate surface area is 370 Å². The number of aryl methyl sites for hydroxylation is 2. The molecule has 0 saturated carbocycles. The monoisotopic (exact) mass is 1030 g/mol. The number of aromatic nitrogens is 4. The van der Waals surface area contributed by atoms with E-state index in [9.17, 15) is 5.26 Å². The van der Waals surface area contributed by atoms with Crippen LogP contribution in [0.5, 0.6) is 0 Å². The van der Waals surface area contributed by atoms with Crippen molar-refractivity contribution in [2.75, 3.05) is 0 Å². The predicted octanol–water partition coefficient (Wildman–Crippen LogP) is 12.7. The van der Waals surface area contributed by atoms with E-state index in [1.54, 1.807) is 11.3 Å². The van der Waals surface area contributed by atoms with Gasteiger partial charge in [-0.2, -0.15) is 16.6 Å². The van der Waals surface area contributed by atoms with Gasteiger partial charge in [0.15, 0.2) is 0 Å². The molecule has 1 radical (unpaired) electrons. The van der Waals surface area contributed by atoms with Crippen LogP contribution >= 0.6 is 11.3 Å². The van der Waals surface area contributed by atoms with Gasteiger partial charge >= 0.3 is 128 Å². The van der Waals surface area contributed by atoms with Crippen LogP contribution in [0.25, 0.3) is 70.7 Å². The summed E-state index contributed by atoms with van der Waals surface area (Å²) < 4.78 is 22.9. The minimum absolute atomic E-state index is 0. The summed E-state index contributed by atoms with van der Waals surface area (Å²) in [5.74, 6) is 7.63. The first-order chi connectivity index (χ1) is 28.7. The normalized spacial score (nSPS) is 12.1. The van der Waals surface area contributed by atoms with Gasteiger partial charge in [-0.15, -0.1) is 12.1 Å². The van der Waals surface area contributed by atoms with Gasteiger partial charge in [-0.05, 0) is 66.4 Å². The van der Waals surface area contributed by atoms with Crippen LogP contribution in [0.4, 0.5) is 0 Å². The molecule has 0 aliphatic rings. The zero-order chi connectivity index (χ0) is 42.3. The number of thiophene rings is 1. The van der Waals surface area contributed by atoms with Crippen molar-refractivity contribution in [1.82, 2.24) is 19.5 Å². The van der Waals surface area contributed by atoms with Gasteiger partial charge in [0.2, 0.25) is 0 Å². The standard InChI is InChI=1S/C33H21N4S.C18H24GeN.Ir/c1-20-17-24(18-21(2)35-20)37-29-9-5-4-8-28(29)36-33(37)27-16-15-25(23-13-11-22(19-34)12-14-23)31-26-7-3-6-10-30(26)38-32(27)31;1-14(2)11-16-12-18(15-9-7-6-8-10-15)20-13-17(16)19(3,4)5;/h3-15,17-18H,1-2H3;6-9,12-14H,11H2,1-5H3;/q2*-1;/i;11D2;. The van der Waals surface area contributed by atoms with E-state index >= 15 is 0 Å². The number of para-hydroxylation sites is 2. The fourth-order valence-corrected chi connectivity index (χ4v) is 11.6. The molecule has 0 aliphatic carbocycles. The Morgan fingerprint density at radius 2 is 1.58 bits per heavy atom. The van der Waals surface area contributed by atoms with Gasteiger partial charge in [0, 0.05) is 41.9 Å². The first-order valence-corrected chi connectivity index (χ1v) is 27.7. The zero-order valence-electron chi connectivity index (χ0n) is 36.2. The number of benzene rings is 5. The van der Waals surface area contributed by atoms with Crippen molar-refractivity contribution >= 4 is 60.2 Å². The molecule has 0 N–H and O–H groups in total. The van der Waals surface area contributed by atoms with Crippen molar-refractivity contribution in [3.05, 3.63) is 162 Å². The van der Waals surface area contributed by atoms with Gasteiger partial charge in [-0.1, -0.05) is 64.5 Å². The van der Waals surface area contributed by atoms with Crippen molar-refractivity contribution in [3.8, 4) is 45.5 Å². The molecule has 0 bridgehead atoms. The second-order valence-corrected chi connectivity index (χ2v) is 27.5. The van der Waals surface area contributed by atoms with E-state index in [0.29, 0.717) is 5.56 Å². The number of pyridine rings is 2. The predicted molar refractivity (Wildman–Crippen MR) is 246 cm³/mol. The summed E-state index contributed by atoms with van der Waals surface area (Å²) in [6.45, 7) is 7.93. The van der Waals surface area contributed by atoms with Crippen molar-refractivity contribution in [1.29, 1.82) is 5.26 Å². The van der Waals surface area contributed by atoms with E-state index in [1.165, 1.54) is 15.5 Å². The van der Waals surface area contributed by atoms with E-state index < -0.39 is 19.6 Å². The molecular weight excluding hydrogens is 979 g/mol. The smallest absolute Gasteiger partial charge is 0 e. The zero-order valence-corrected chi connectivity index (χ0v) is 39.5. The van der Waals surface area contributed by atoms with Crippen molar-refractivity contribution < 1.29 is 22.8 Å². The Hall–Kier alpha value is -5.23. The molecule has 4 heterocycles. The van der Waals surface area contributed by atoms with E-state index in [0.717, 1.165) is 76.5 Å². The van der Waals surface area contributed by atoms with Gasteiger partial charge < -0.3 is 4.57 Å². The third kappa shape index (κ3) is 8.74. The van der Waals surface area contributed by atoms with Gasteiger partial charge in [0.25, 0.3) is 0 Å². The number of imidazole rings is 1. The summed E-state index contributed by atoms with van der Waals surface area (Å²) in [6, 6.07) is 49.5. The maximum atomic E-state index is 9.29. The quantitative estimate of drug-likeness (QED) is 0.118. The summed E-state index contributed by atoms with van der Waals surface area (Å²) >= 11 is -0.432. The first-order valence-electron chi connectivity index (χ1n) is 20.5. The van der Waals surface area contributed by atoms with Crippen molar-refractivity contribution in [3.63, 3.8) is 0 Å². The largest absolute Gasteiger partial charge is 0 e. The van der Waals surface area contributed by atoms with E-state index in [2.05, 4.69) is 111 Å². The van der Waals surface area contributed by atoms with Gasteiger partial charge in [-0.3, -0.25) is 9.97 Å². The molecule has 0 saturated heterocycles. The Morgan fingerprint density at radius 1 is 0.864 bits per heavy atom. The number of nitriles is 1. The number of hydrogen-bond acceptors (Lipinski definition) is 5. The van der Waals surface area contributed by atoms with Crippen LogP contribution < -0.4 is 4.40 Å². The second kappa shape index (κ2) is 17.6. The Balaban J connectivity index is 0.000000210. The average molecular weight is 1030 g/mol. The van der Waals surface area contributed by atoms with E-state index in [1.807, 2.05) is 94.6 Å². The topological polar surface area (TPSA) is 67.4 Å². The summed E-state index contributed by atoms with van der Waals surface area (Å²) in [5.41, 5.74) is 11.3. The van der Waals surface area contributed by atoms with Gasteiger partial charge in [0.05, 0.1) is 28.5 Å². The average Bonchev–Trinajstić information content (AvgIpc) is 3.83. The third-order valence-corrected chi connectivity index (χ3v) is 15.4. The molecule has 59 heavy (non-hydrogen) atoms. The second-order valence-electron chi connectivity index (χ2n) is 15.9. The van der Waals surface area contributed by atoms with Crippen LogP contribution in [0.3, 0.4) is 0 Å². The Morgan fingerprint density at radius 3 is 2.27 bits per heavy atom. The molecule has 0 aliphatic heterocycles.